The van der Waals surface area contributed by atoms with E-state index in [-0.39, 0.29) is 5.92 Å². The number of halogens is 3. The molecule has 1 aromatic heterocycles. The number of hydrogen-bond donors (Lipinski definition) is 0. The van der Waals surface area contributed by atoms with Gasteiger partial charge in [0.1, 0.15) is 5.69 Å². The summed E-state index contributed by atoms with van der Waals surface area (Å²) in [5.74, 6) is 0.0114. The number of alkyl halides is 3. The van der Waals surface area contributed by atoms with Gasteiger partial charge in [0, 0.05) is 5.69 Å². The quantitative estimate of drug-likeness (QED) is 0.680. The Morgan fingerprint density at radius 2 is 1.79 bits per heavy atom. The van der Waals surface area contributed by atoms with Gasteiger partial charge in [-0.1, -0.05) is 19.9 Å². The van der Waals surface area contributed by atoms with Crippen LogP contribution in [0.5, 0.6) is 0 Å². The summed E-state index contributed by atoms with van der Waals surface area (Å²) in [6, 6.07) is 2.48. The fourth-order valence-corrected chi connectivity index (χ4v) is 1.29. The Hall–Kier alpha value is -1.06. The second-order valence-corrected chi connectivity index (χ2v) is 3.55. The minimum absolute atomic E-state index is 0.0114. The molecule has 0 radical (unpaired) electrons. The van der Waals surface area contributed by atoms with Crippen molar-refractivity contribution in [1.29, 1.82) is 0 Å². The molecule has 1 heterocycles. The second-order valence-electron chi connectivity index (χ2n) is 3.55. The van der Waals surface area contributed by atoms with E-state index < -0.39 is 11.9 Å². The Kier molecular flexibility index (Phi) is 2.83. The first-order valence-corrected chi connectivity index (χ1v) is 4.37. The molecule has 0 amide bonds. The maximum Gasteiger partial charge on any atom is 0.433 e. The highest BCUT2D eigenvalue weighted by Gasteiger charge is 2.32. The minimum Gasteiger partial charge on any atom is -0.248 e. The molecule has 0 N–H and O–H groups in total. The lowest BCUT2D eigenvalue weighted by molar-refractivity contribution is -0.141. The molecule has 0 atom stereocenters. The Morgan fingerprint density at radius 1 is 1.21 bits per heavy atom. The van der Waals surface area contributed by atoms with E-state index in [9.17, 15) is 13.2 Å². The second kappa shape index (κ2) is 3.59. The monoisotopic (exact) mass is 203 g/mol. The molecule has 0 spiro atoms. The molecule has 1 nitrogen and oxygen atoms in total. The van der Waals surface area contributed by atoms with Gasteiger partial charge in [-0.3, -0.25) is 0 Å². The van der Waals surface area contributed by atoms with Crippen LogP contribution in [0, 0.1) is 6.92 Å². The van der Waals surface area contributed by atoms with E-state index in [1.54, 1.807) is 6.92 Å². The summed E-state index contributed by atoms with van der Waals surface area (Å²) in [6.45, 7) is 5.42. The Morgan fingerprint density at radius 3 is 2.21 bits per heavy atom. The van der Waals surface area contributed by atoms with Crippen molar-refractivity contribution in [2.75, 3.05) is 0 Å². The summed E-state index contributed by atoms with van der Waals surface area (Å²) in [7, 11) is 0. The third-order valence-electron chi connectivity index (χ3n) is 1.97. The standard InChI is InChI=1S/C10H12F3N/c1-6(2)9-7(3)4-5-8(14-9)10(11,12)13/h4-6H,1-3H3. The van der Waals surface area contributed by atoms with Crippen LogP contribution in [-0.4, -0.2) is 4.98 Å². The Balaban J connectivity index is 3.20. The van der Waals surface area contributed by atoms with Gasteiger partial charge in [0.05, 0.1) is 0 Å². The molecule has 0 aliphatic carbocycles. The smallest absolute Gasteiger partial charge is 0.248 e. The third-order valence-corrected chi connectivity index (χ3v) is 1.97. The first kappa shape index (κ1) is 11.0. The summed E-state index contributed by atoms with van der Waals surface area (Å²) in [6.07, 6.45) is -4.35. The molecule has 0 unspecified atom stereocenters. The fraction of sp³-hybridized carbons (Fsp3) is 0.500. The van der Waals surface area contributed by atoms with E-state index in [0.29, 0.717) is 5.69 Å². The zero-order valence-corrected chi connectivity index (χ0v) is 8.31. The van der Waals surface area contributed by atoms with Crippen LogP contribution in [0.4, 0.5) is 13.2 Å². The SMILES string of the molecule is Cc1ccc(C(F)(F)F)nc1C(C)C. The van der Waals surface area contributed by atoms with Crippen molar-refractivity contribution in [3.63, 3.8) is 0 Å². The molecule has 4 heteroatoms. The van der Waals surface area contributed by atoms with Gasteiger partial charge in [-0.05, 0) is 24.5 Å². The Bertz CT molecular complexity index is 329. The van der Waals surface area contributed by atoms with Crippen LogP contribution in [0.3, 0.4) is 0 Å². The average Bonchev–Trinajstić information content (AvgIpc) is 2.02. The number of pyridine rings is 1. The van der Waals surface area contributed by atoms with Gasteiger partial charge in [0.15, 0.2) is 0 Å². The van der Waals surface area contributed by atoms with Crippen molar-refractivity contribution in [3.05, 3.63) is 29.1 Å². The summed E-state index contributed by atoms with van der Waals surface area (Å²) in [5, 5.41) is 0. The third kappa shape index (κ3) is 2.25. The van der Waals surface area contributed by atoms with E-state index in [1.807, 2.05) is 13.8 Å². The number of nitrogens with zero attached hydrogens (tertiary/aromatic N) is 1. The molecule has 0 fully saturated rings. The van der Waals surface area contributed by atoms with E-state index >= 15 is 0 Å². The van der Waals surface area contributed by atoms with Crippen molar-refractivity contribution in [2.45, 2.75) is 32.9 Å². The van der Waals surface area contributed by atoms with Gasteiger partial charge < -0.3 is 0 Å². The zero-order valence-electron chi connectivity index (χ0n) is 8.31. The number of aromatic nitrogens is 1. The van der Waals surface area contributed by atoms with Crippen LogP contribution in [0.15, 0.2) is 12.1 Å². The zero-order chi connectivity index (χ0) is 10.9. The van der Waals surface area contributed by atoms with Gasteiger partial charge in [-0.2, -0.15) is 13.2 Å². The van der Waals surface area contributed by atoms with Crippen LogP contribution in [0.25, 0.3) is 0 Å². The van der Waals surface area contributed by atoms with Crippen molar-refractivity contribution in [1.82, 2.24) is 4.98 Å². The molecule has 1 aromatic rings. The lowest BCUT2D eigenvalue weighted by Crippen LogP contribution is -2.10. The molecule has 78 valence electrons. The lowest BCUT2D eigenvalue weighted by atomic mass is 10.0. The number of rotatable bonds is 1. The van der Waals surface area contributed by atoms with E-state index in [2.05, 4.69) is 4.98 Å². The van der Waals surface area contributed by atoms with Crippen molar-refractivity contribution >= 4 is 0 Å². The van der Waals surface area contributed by atoms with Gasteiger partial charge >= 0.3 is 6.18 Å². The predicted molar refractivity (Wildman–Crippen MR) is 48.1 cm³/mol. The Labute approximate surface area is 81.0 Å². The first-order valence-electron chi connectivity index (χ1n) is 4.37. The maximum atomic E-state index is 12.3. The summed E-state index contributed by atoms with van der Waals surface area (Å²) >= 11 is 0. The molecular weight excluding hydrogens is 191 g/mol. The first-order chi connectivity index (χ1) is 6.32. The van der Waals surface area contributed by atoms with Gasteiger partial charge in [-0.15, -0.1) is 0 Å². The van der Waals surface area contributed by atoms with E-state index in [1.165, 1.54) is 6.07 Å². The van der Waals surface area contributed by atoms with Crippen molar-refractivity contribution in [3.8, 4) is 0 Å². The molecule has 0 aromatic carbocycles. The minimum atomic E-state index is -4.35. The van der Waals surface area contributed by atoms with Crippen molar-refractivity contribution < 1.29 is 13.2 Å². The number of aryl methyl sites for hydroxylation is 1. The van der Waals surface area contributed by atoms with Crippen LogP contribution < -0.4 is 0 Å². The summed E-state index contributed by atoms with van der Waals surface area (Å²) in [5.41, 5.74) is 0.500. The van der Waals surface area contributed by atoms with Crippen LogP contribution >= 0.6 is 0 Å². The van der Waals surface area contributed by atoms with Crippen LogP contribution in [-0.2, 0) is 6.18 Å². The summed E-state index contributed by atoms with van der Waals surface area (Å²) in [4.78, 5) is 3.62. The highest BCUT2D eigenvalue weighted by atomic mass is 19.4. The van der Waals surface area contributed by atoms with E-state index in [4.69, 9.17) is 0 Å². The molecule has 0 aliphatic rings. The average molecular weight is 203 g/mol. The molecular formula is C10H12F3N. The fourth-order valence-electron chi connectivity index (χ4n) is 1.29. The molecule has 0 aliphatic heterocycles. The normalized spacial score (nSPS) is 12.2. The molecule has 1 rings (SSSR count). The van der Waals surface area contributed by atoms with Crippen molar-refractivity contribution in [2.24, 2.45) is 0 Å². The highest BCUT2D eigenvalue weighted by molar-refractivity contribution is 5.25. The molecule has 14 heavy (non-hydrogen) atoms. The molecule has 0 saturated heterocycles. The summed E-state index contributed by atoms with van der Waals surface area (Å²) < 4.78 is 36.9. The topological polar surface area (TPSA) is 12.9 Å². The lowest BCUT2D eigenvalue weighted by Gasteiger charge is -2.12. The maximum absolute atomic E-state index is 12.3. The highest BCUT2D eigenvalue weighted by Crippen LogP contribution is 2.29. The number of hydrogen-bond acceptors (Lipinski definition) is 1. The molecule has 0 saturated carbocycles. The van der Waals surface area contributed by atoms with Crippen LogP contribution in [0.2, 0.25) is 0 Å². The van der Waals surface area contributed by atoms with Gasteiger partial charge in [-0.25, -0.2) is 4.98 Å². The van der Waals surface area contributed by atoms with Gasteiger partial charge in [0.25, 0.3) is 0 Å². The predicted octanol–water partition coefficient (Wildman–Crippen LogP) is 3.53. The van der Waals surface area contributed by atoms with Crippen LogP contribution in [0.1, 0.15) is 36.7 Å². The van der Waals surface area contributed by atoms with E-state index in [0.717, 1.165) is 11.6 Å². The largest absolute Gasteiger partial charge is 0.433 e. The van der Waals surface area contributed by atoms with Gasteiger partial charge in [0.2, 0.25) is 0 Å². The molecule has 0 bridgehead atoms.